The largest absolute Gasteiger partial charge is 0.491 e. The van der Waals surface area contributed by atoms with E-state index in [0.717, 1.165) is 35.0 Å². The highest BCUT2D eigenvalue weighted by molar-refractivity contribution is 5.74. The second-order valence-corrected chi connectivity index (χ2v) is 8.97. The predicted molar refractivity (Wildman–Crippen MR) is 143 cm³/mol. The average molecular weight is 504 g/mol. The summed E-state index contributed by atoms with van der Waals surface area (Å²) >= 11 is 0. The topological polar surface area (TPSA) is 106 Å². The Morgan fingerprint density at radius 1 is 1.03 bits per heavy atom. The molecule has 0 bridgehead atoms. The van der Waals surface area contributed by atoms with Gasteiger partial charge in [-0.1, -0.05) is 54.6 Å². The number of H-pyrrole nitrogens is 1. The number of carbonyl (C=O) groups is 1. The second-order valence-electron chi connectivity index (χ2n) is 8.97. The number of aromatic nitrogens is 2. The Kier molecular flexibility index (Phi) is 9.13. The van der Waals surface area contributed by atoms with Gasteiger partial charge in [-0.2, -0.15) is 0 Å². The van der Waals surface area contributed by atoms with Gasteiger partial charge in [0.15, 0.2) is 0 Å². The van der Waals surface area contributed by atoms with Crippen LogP contribution in [0.3, 0.4) is 0 Å². The standard InChI is InChI=1S/C29H33N3O5/c1-36-28(34)18-21-13-15-24(16-14-21)37-20-23(33)19-30-25(22-8-3-2-4-9-22)11-7-17-32-27-12-6-5-10-26(27)31-29(32)35/h2-6,8-10,12-16,23,25,30,33H,7,11,17-20H2,1H3,(H,31,35). The number of ether oxygens (including phenoxy) is 2. The highest BCUT2D eigenvalue weighted by Gasteiger charge is 2.15. The van der Waals surface area contributed by atoms with Crippen LogP contribution in [0.2, 0.25) is 0 Å². The summed E-state index contributed by atoms with van der Waals surface area (Å²) in [7, 11) is 1.36. The molecule has 0 saturated carbocycles. The van der Waals surface area contributed by atoms with Gasteiger partial charge >= 0.3 is 11.7 Å². The number of benzene rings is 3. The Bertz CT molecular complexity index is 1330. The van der Waals surface area contributed by atoms with Gasteiger partial charge in [0, 0.05) is 19.1 Å². The van der Waals surface area contributed by atoms with Crippen molar-refractivity contribution < 1.29 is 19.4 Å². The third-order valence-corrected chi connectivity index (χ3v) is 6.30. The number of esters is 1. The Hall–Kier alpha value is -3.88. The van der Waals surface area contributed by atoms with Crippen molar-refractivity contribution in [3.63, 3.8) is 0 Å². The number of aliphatic hydroxyl groups excluding tert-OH is 1. The van der Waals surface area contributed by atoms with E-state index in [1.165, 1.54) is 7.11 Å². The van der Waals surface area contributed by atoms with E-state index in [0.29, 0.717) is 18.8 Å². The van der Waals surface area contributed by atoms with Gasteiger partial charge in [-0.25, -0.2) is 4.79 Å². The first-order chi connectivity index (χ1) is 18.0. The van der Waals surface area contributed by atoms with Gasteiger partial charge in [0.05, 0.1) is 24.6 Å². The van der Waals surface area contributed by atoms with E-state index in [1.807, 2.05) is 42.5 Å². The van der Waals surface area contributed by atoms with Crippen LogP contribution in [0.25, 0.3) is 11.0 Å². The number of nitrogens with one attached hydrogen (secondary N) is 2. The number of nitrogens with zero attached hydrogens (tertiary/aromatic N) is 1. The third-order valence-electron chi connectivity index (χ3n) is 6.30. The number of fused-ring (bicyclic) bond motifs is 1. The number of hydrogen-bond acceptors (Lipinski definition) is 6. The van der Waals surface area contributed by atoms with Gasteiger partial charge in [0.1, 0.15) is 18.5 Å². The van der Waals surface area contributed by atoms with Gasteiger partial charge in [-0.3, -0.25) is 9.36 Å². The van der Waals surface area contributed by atoms with Crippen LogP contribution in [0.5, 0.6) is 5.75 Å². The molecule has 4 rings (SSSR count). The zero-order valence-electron chi connectivity index (χ0n) is 20.9. The van der Waals surface area contributed by atoms with E-state index in [1.54, 1.807) is 28.8 Å². The molecular formula is C29H33N3O5. The van der Waals surface area contributed by atoms with E-state index >= 15 is 0 Å². The maximum Gasteiger partial charge on any atom is 0.326 e. The highest BCUT2D eigenvalue weighted by Crippen LogP contribution is 2.20. The van der Waals surface area contributed by atoms with Gasteiger partial charge in [-0.05, 0) is 48.2 Å². The molecule has 37 heavy (non-hydrogen) atoms. The first-order valence-electron chi connectivity index (χ1n) is 12.5. The summed E-state index contributed by atoms with van der Waals surface area (Å²) in [5.74, 6) is 0.327. The lowest BCUT2D eigenvalue weighted by Crippen LogP contribution is -2.34. The molecule has 0 saturated heterocycles. The van der Waals surface area contributed by atoms with E-state index < -0.39 is 6.10 Å². The molecule has 0 aliphatic rings. The number of methoxy groups -OCH3 is 1. The molecule has 8 nitrogen and oxygen atoms in total. The molecule has 3 N–H and O–H groups in total. The number of aryl methyl sites for hydroxylation is 1. The normalized spacial score (nSPS) is 12.8. The van der Waals surface area contributed by atoms with E-state index in [2.05, 4.69) is 27.2 Å². The molecule has 0 spiro atoms. The predicted octanol–water partition coefficient (Wildman–Crippen LogP) is 3.60. The fraction of sp³-hybridized carbons (Fsp3) is 0.310. The van der Waals surface area contributed by atoms with E-state index in [-0.39, 0.29) is 30.7 Å². The zero-order chi connectivity index (χ0) is 26.0. The lowest BCUT2D eigenvalue weighted by atomic mass is 10.0. The molecule has 0 fully saturated rings. The number of imidazole rings is 1. The fourth-order valence-corrected chi connectivity index (χ4v) is 4.33. The Balaban J connectivity index is 1.29. The van der Waals surface area contributed by atoms with Crippen LogP contribution in [0.1, 0.15) is 30.0 Å². The van der Waals surface area contributed by atoms with Gasteiger partial charge in [0.2, 0.25) is 0 Å². The summed E-state index contributed by atoms with van der Waals surface area (Å²) in [6.45, 7) is 1.09. The number of carbonyl (C=O) groups excluding carboxylic acids is 1. The summed E-state index contributed by atoms with van der Waals surface area (Å²) in [5, 5.41) is 14.0. The van der Waals surface area contributed by atoms with Crippen LogP contribution in [-0.4, -0.2) is 47.0 Å². The lowest BCUT2D eigenvalue weighted by molar-refractivity contribution is -0.139. The number of hydrogen-bond donors (Lipinski definition) is 3. The molecule has 1 heterocycles. The monoisotopic (exact) mass is 503 g/mol. The summed E-state index contributed by atoms with van der Waals surface area (Å²) in [6, 6.07) is 25.0. The van der Waals surface area contributed by atoms with Crippen molar-refractivity contribution in [2.24, 2.45) is 0 Å². The zero-order valence-corrected chi connectivity index (χ0v) is 20.9. The van der Waals surface area contributed by atoms with Gasteiger partial charge in [-0.15, -0.1) is 0 Å². The Morgan fingerprint density at radius 3 is 2.51 bits per heavy atom. The van der Waals surface area contributed by atoms with Crippen LogP contribution < -0.4 is 15.7 Å². The Morgan fingerprint density at radius 2 is 1.76 bits per heavy atom. The molecule has 0 aliphatic carbocycles. The minimum absolute atomic E-state index is 0.0226. The molecule has 2 unspecified atom stereocenters. The van der Waals surface area contributed by atoms with E-state index in [9.17, 15) is 14.7 Å². The van der Waals surface area contributed by atoms with Crippen LogP contribution >= 0.6 is 0 Å². The molecule has 2 atom stereocenters. The van der Waals surface area contributed by atoms with Crippen LogP contribution in [0, 0.1) is 0 Å². The fourth-order valence-electron chi connectivity index (χ4n) is 4.33. The van der Waals surface area contributed by atoms with Crippen molar-refractivity contribution in [3.05, 3.63) is 100 Å². The Labute approximate surface area is 215 Å². The van der Waals surface area contributed by atoms with Gasteiger partial charge < -0.3 is 24.9 Å². The van der Waals surface area contributed by atoms with E-state index in [4.69, 9.17) is 4.74 Å². The van der Waals surface area contributed by atoms with Gasteiger partial charge in [0.25, 0.3) is 0 Å². The quantitative estimate of drug-likeness (QED) is 0.241. The van der Waals surface area contributed by atoms with Crippen molar-refractivity contribution in [1.82, 2.24) is 14.9 Å². The minimum atomic E-state index is -0.711. The number of aliphatic hydroxyl groups is 1. The first kappa shape index (κ1) is 26.2. The second kappa shape index (κ2) is 12.9. The van der Waals surface area contributed by atoms with Crippen molar-refractivity contribution in [2.45, 2.75) is 38.0 Å². The molecule has 4 aromatic rings. The summed E-state index contributed by atoms with van der Waals surface area (Å²) in [5.41, 5.74) is 3.61. The molecular weight excluding hydrogens is 470 g/mol. The number of para-hydroxylation sites is 2. The molecule has 3 aromatic carbocycles. The van der Waals surface area contributed by atoms with Crippen molar-refractivity contribution in [1.29, 1.82) is 0 Å². The maximum absolute atomic E-state index is 12.4. The average Bonchev–Trinajstić information content (AvgIpc) is 3.25. The van der Waals surface area contributed by atoms with Crippen LogP contribution in [0.15, 0.2) is 83.7 Å². The summed E-state index contributed by atoms with van der Waals surface area (Å²) in [6.07, 6.45) is 1.08. The molecule has 8 heteroatoms. The minimum Gasteiger partial charge on any atom is -0.491 e. The SMILES string of the molecule is COC(=O)Cc1ccc(OCC(O)CNC(CCCn2c(=O)[nH]c3ccccc32)c2ccccc2)cc1. The maximum atomic E-state index is 12.4. The summed E-state index contributed by atoms with van der Waals surface area (Å²) in [4.78, 5) is 26.7. The third kappa shape index (κ3) is 7.31. The van der Waals surface area contributed by atoms with Crippen molar-refractivity contribution in [2.75, 3.05) is 20.3 Å². The molecule has 0 amide bonds. The molecule has 0 aliphatic heterocycles. The molecule has 194 valence electrons. The highest BCUT2D eigenvalue weighted by atomic mass is 16.5. The van der Waals surface area contributed by atoms with Crippen molar-refractivity contribution >= 4 is 17.0 Å². The molecule has 0 radical (unpaired) electrons. The number of rotatable bonds is 13. The smallest absolute Gasteiger partial charge is 0.326 e. The van der Waals surface area contributed by atoms with Crippen LogP contribution in [-0.2, 0) is 22.5 Å². The van der Waals surface area contributed by atoms with Crippen LogP contribution in [0.4, 0.5) is 0 Å². The van der Waals surface area contributed by atoms with Crippen molar-refractivity contribution in [3.8, 4) is 5.75 Å². The number of aromatic amines is 1. The summed E-state index contributed by atoms with van der Waals surface area (Å²) < 4.78 is 12.2. The lowest BCUT2D eigenvalue weighted by Gasteiger charge is -2.22. The first-order valence-corrected chi connectivity index (χ1v) is 12.5. The molecule has 1 aromatic heterocycles.